The second-order valence-electron chi connectivity index (χ2n) is 7.40. The summed E-state index contributed by atoms with van der Waals surface area (Å²) in [6.07, 6.45) is 1.88. The van der Waals surface area contributed by atoms with Crippen molar-refractivity contribution in [1.29, 1.82) is 0 Å². The largest absolute Gasteiger partial charge is 0.336 e. The van der Waals surface area contributed by atoms with Crippen LogP contribution in [-0.2, 0) is 16.0 Å². The maximum absolute atomic E-state index is 13.7. The van der Waals surface area contributed by atoms with E-state index in [0.717, 1.165) is 18.5 Å². The number of carbonyl (C=O) groups is 2. The maximum atomic E-state index is 13.7. The molecule has 0 aliphatic carbocycles. The quantitative estimate of drug-likeness (QED) is 0.561. The van der Waals surface area contributed by atoms with Crippen molar-refractivity contribution in [2.24, 2.45) is 0 Å². The summed E-state index contributed by atoms with van der Waals surface area (Å²) >= 11 is 6.07. The number of fused-ring (bicyclic) bond motifs is 1. The van der Waals surface area contributed by atoms with Crippen LogP contribution < -0.4 is 9.80 Å². The van der Waals surface area contributed by atoms with E-state index in [1.165, 1.54) is 10.5 Å². The topological polar surface area (TPSA) is 40.6 Å². The first-order valence-electron chi connectivity index (χ1n) is 9.94. The average molecular weight is 415 g/mol. The minimum Gasteiger partial charge on any atom is -0.336 e. The summed E-state index contributed by atoms with van der Waals surface area (Å²) in [6, 6.07) is 24.2. The molecule has 0 aromatic heterocycles. The summed E-state index contributed by atoms with van der Waals surface area (Å²) in [6.45, 7) is 0.686. The Hall–Kier alpha value is -3.37. The van der Waals surface area contributed by atoms with Crippen molar-refractivity contribution < 1.29 is 9.59 Å². The molecule has 0 unspecified atom stereocenters. The van der Waals surface area contributed by atoms with Crippen molar-refractivity contribution in [2.75, 3.05) is 16.3 Å². The summed E-state index contributed by atoms with van der Waals surface area (Å²) in [4.78, 5) is 30.5. The van der Waals surface area contributed by atoms with Gasteiger partial charge in [-0.3, -0.25) is 9.59 Å². The highest BCUT2D eigenvalue weighted by molar-refractivity contribution is 6.46. The first-order valence-corrected chi connectivity index (χ1v) is 10.3. The molecule has 0 radical (unpaired) electrons. The normalized spacial score (nSPS) is 16.3. The van der Waals surface area contributed by atoms with Crippen LogP contribution in [0.4, 0.5) is 11.4 Å². The number of imide groups is 1. The molecule has 0 saturated carbocycles. The fraction of sp³-hybridized carbons (Fsp3) is 0.120. The van der Waals surface area contributed by atoms with E-state index in [1.54, 1.807) is 36.4 Å². The highest BCUT2D eigenvalue weighted by Gasteiger charge is 2.43. The molecule has 3 aromatic carbocycles. The summed E-state index contributed by atoms with van der Waals surface area (Å²) in [5.41, 5.74) is 4.27. The second kappa shape index (κ2) is 7.47. The monoisotopic (exact) mass is 414 g/mol. The highest BCUT2D eigenvalue weighted by Crippen LogP contribution is 2.39. The van der Waals surface area contributed by atoms with Gasteiger partial charge in [-0.2, -0.15) is 0 Å². The highest BCUT2D eigenvalue weighted by atomic mass is 35.5. The van der Waals surface area contributed by atoms with Gasteiger partial charge in [0.15, 0.2) is 0 Å². The molecular weight excluding hydrogens is 396 g/mol. The van der Waals surface area contributed by atoms with E-state index in [-0.39, 0.29) is 11.8 Å². The minimum absolute atomic E-state index is 0.298. The molecule has 0 fully saturated rings. The lowest BCUT2D eigenvalue weighted by molar-refractivity contribution is -0.120. The Morgan fingerprint density at radius 3 is 2.23 bits per heavy atom. The number of aryl methyl sites for hydroxylation is 1. The zero-order valence-electron chi connectivity index (χ0n) is 16.2. The molecule has 30 heavy (non-hydrogen) atoms. The summed E-state index contributed by atoms with van der Waals surface area (Å²) < 4.78 is 0. The third-order valence-electron chi connectivity index (χ3n) is 5.59. The van der Waals surface area contributed by atoms with Gasteiger partial charge >= 0.3 is 0 Å². The van der Waals surface area contributed by atoms with E-state index < -0.39 is 0 Å². The smallest absolute Gasteiger partial charge is 0.282 e. The van der Waals surface area contributed by atoms with Crippen LogP contribution in [-0.4, -0.2) is 18.4 Å². The van der Waals surface area contributed by atoms with E-state index in [9.17, 15) is 9.59 Å². The van der Waals surface area contributed by atoms with Crippen molar-refractivity contribution in [3.05, 3.63) is 101 Å². The fourth-order valence-electron chi connectivity index (χ4n) is 4.22. The molecule has 0 spiro atoms. The van der Waals surface area contributed by atoms with Gasteiger partial charge < -0.3 is 4.90 Å². The van der Waals surface area contributed by atoms with Crippen LogP contribution in [0.2, 0.25) is 5.02 Å². The van der Waals surface area contributed by atoms with Crippen LogP contribution in [0, 0.1) is 0 Å². The average Bonchev–Trinajstić information content (AvgIpc) is 3.04. The number of hydrogen-bond acceptors (Lipinski definition) is 3. The molecular formula is C25H19ClN2O2. The zero-order chi connectivity index (χ0) is 20.7. The summed E-state index contributed by atoms with van der Waals surface area (Å²) in [5, 5.41) is 0.584. The fourth-order valence-corrected chi connectivity index (χ4v) is 4.35. The molecule has 0 N–H and O–H groups in total. The Morgan fingerprint density at radius 2 is 1.47 bits per heavy atom. The van der Waals surface area contributed by atoms with E-state index >= 15 is 0 Å². The maximum Gasteiger partial charge on any atom is 0.282 e. The lowest BCUT2D eigenvalue weighted by atomic mass is 9.98. The predicted molar refractivity (Wildman–Crippen MR) is 119 cm³/mol. The number of carbonyl (C=O) groups excluding carboxylic acids is 2. The van der Waals surface area contributed by atoms with Crippen molar-refractivity contribution >= 4 is 40.4 Å². The molecule has 2 heterocycles. The van der Waals surface area contributed by atoms with Gasteiger partial charge in [-0.1, -0.05) is 60.1 Å². The van der Waals surface area contributed by atoms with Crippen molar-refractivity contribution in [1.82, 2.24) is 0 Å². The van der Waals surface area contributed by atoms with E-state index in [0.29, 0.717) is 34.1 Å². The van der Waals surface area contributed by atoms with Gasteiger partial charge in [-0.25, -0.2) is 4.90 Å². The van der Waals surface area contributed by atoms with Gasteiger partial charge in [0.1, 0.15) is 5.70 Å². The molecule has 2 aliphatic heterocycles. The summed E-state index contributed by atoms with van der Waals surface area (Å²) in [7, 11) is 0. The van der Waals surface area contributed by atoms with E-state index in [4.69, 9.17) is 11.6 Å². The summed E-state index contributed by atoms with van der Waals surface area (Å²) in [5.74, 6) is -0.612. The number of anilines is 2. The molecule has 5 heteroatoms. The van der Waals surface area contributed by atoms with Crippen LogP contribution in [0.3, 0.4) is 0 Å². The van der Waals surface area contributed by atoms with Gasteiger partial charge in [0.25, 0.3) is 11.8 Å². The molecule has 3 aromatic rings. The van der Waals surface area contributed by atoms with Gasteiger partial charge in [-0.15, -0.1) is 0 Å². The van der Waals surface area contributed by atoms with Crippen LogP contribution >= 0.6 is 11.6 Å². The number of hydrogen-bond donors (Lipinski definition) is 0. The Morgan fingerprint density at radius 1 is 0.767 bits per heavy atom. The lowest BCUT2D eigenvalue weighted by Crippen LogP contribution is -2.37. The van der Waals surface area contributed by atoms with Crippen molar-refractivity contribution in [2.45, 2.75) is 12.8 Å². The number of halogens is 1. The van der Waals surface area contributed by atoms with Crippen LogP contribution in [0.15, 0.2) is 84.6 Å². The molecule has 2 aliphatic rings. The number of rotatable bonds is 3. The van der Waals surface area contributed by atoms with Gasteiger partial charge in [0.2, 0.25) is 0 Å². The van der Waals surface area contributed by atoms with E-state index in [2.05, 4.69) is 6.07 Å². The molecule has 2 amide bonds. The molecule has 5 rings (SSSR count). The molecule has 0 atom stereocenters. The zero-order valence-corrected chi connectivity index (χ0v) is 17.0. The number of benzene rings is 3. The van der Waals surface area contributed by atoms with Crippen LogP contribution in [0.25, 0.3) is 5.57 Å². The standard InChI is InChI=1S/C25H19ClN2O2/c26-19-14-12-18(13-15-19)22-23(27-16-6-8-17-7-4-5-11-21(17)27)25(30)28(24(22)29)20-9-2-1-3-10-20/h1-5,7,9-15H,6,8,16H2. The lowest BCUT2D eigenvalue weighted by Gasteiger charge is -2.32. The van der Waals surface area contributed by atoms with Crippen LogP contribution in [0.1, 0.15) is 17.5 Å². The Kier molecular flexibility index (Phi) is 4.64. The van der Waals surface area contributed by atoms with Crippen molar-refractivity contribution in [3.63, 3.8) is 0 Å². The number of nitrogens with zero attached hydrogens (tertiary/aromatic N) is 2. The predicted octanol–water partition coefficient (Wildman–Crippen LogP) is 5.08. The third-order valence-corrected chi connectivity index (χ3v) is 5.84. The Balaban J connectivity index is 1.70. The number of amides is 2. The second-order valence-corrected chi connectivity index (χ2v) is 7.83. The van der Waals surface area contributed by atoms with Gasteiger partial charge in [0, 0.05) is 17.3 Å². The first-order chi connectivity index (χ1) is 14.6. The van der Waals surface area contributed by atoms with Crippen LogP contribution in [0.5, 0.6) is 0 Å². The molecule has 4 nitrogen and oxygen atoms in total. The number of para-hydroxylation sites is 2. The SMILES string of the molecule is O=C1C(c2ccc(Cl)cc2)=C(N2CCCc3ccccc32)C(=O)N1c1ccccc1. The molecule has 148 valence electrons. The minimum atomic E-state index is -0.313. The Labute approximate surface area is 180 Å². The first kappa shape index (κ1) is 18.6. The third kappa shape index (κ3) is 3.01. The van der Waals surface area contributed by atoms with Crippen molar-refractivity contribution in [3.8, 4) is 0 Å². The van der Waals surface area contributed by atoms with E-state index in [1.807, 2.05) is 41.3 Å². The molecule has 0 bridgehead atoms. The molecule has 0 saturated heterocycles. The van der Waals surface area contributed by atoms with Gasteiger partial charge in [-0.05, 0) is 54.3 Å². The van der Waals surface area contributed by atoms with Gasteiger partial charge in [0.05, 0.1) is 11.3 Å². The Bertz CT molecular complexity index is 1170.